The van der Waals surface area contributed by atoms with Crippen LogP contribution in [-0.2, 0) is 18.5 Å². The topological polar surface area (TPSA) is 124 Å². The van der Waals surface area contributed by atoms with E-state index in [9.17, 15) is 39.5 Å². The number of aryl methyl sites for hydroxylation is 6. The van der Waals surface area contributed by atoms with Crippen LogP contribution in [0.2, 0.25) is 0 Å². The lowest BCUT2D eigenvalue weighted by atomic mass is 10.1. The van der Waals surface area contributed by atoms with Crippen LogP contribution in [0.3, 0.4) is 0 Å². The highest BCUT2D eigenvalue weighted by atomic mass is 19.4. The number of benzene rings is 9. The molecule has 0 saturated carbocycles. The Bertz CT molecular complexity index is 3580. The van der Waals surface area contributed by atoms with Crippen LogP contribution in [0.5, 0.6) is 57.5 Å². The molecule has 9 aromatic rings. The summed E-state index contributed by atoms with van der Waals surface area (Å²) in [5.74, 6) is 2.89. The molecule has 6 N–H and O–H groups in total. The van der Waals surface area contributed by atoms with Gasteiger partial charge in [0, 0.05) is 17.1 Å². The summed E-state index contributed by atoms with van der Waals surface area (Å²) in [5, 5.41) is 0. The molecule has 0 spiro atoms. The second-order valence-corrected chi connectivity index (χ2v) is 18.6. The number of hydrogen-bond acceptors (Lipinski definition) is 8. The van der Waals surface area contributed by atoms with Gasteiger partial charge in [0.15, 0.2) is 0 Å². The van der Waals surface area contributed by atoms with Crippen LogP contribution in [0.25, 0.3) is 11.1 Å². The van der Waals surface area contributed by atoms with E-state index in [0.717, 1.165) is 62.9 Å². The smallest absolute Gasteiger partial charge is 0.420 e. The van der Waals surface area contributed by atoms with Crippen molar-refractivity contribution in [2.75, 3.05) is 17.2 Å². The second-order valence-electron chi connectivity index (χ2n) is 18.6. The van der Waals surface area contributed by atoms with Gasteiger partial charge in [-0.25, -0.2) is 0 Å². The van der Waals surface area contributed by atoms with Gasteiger partial charge in [0.05, 0.1) is 0 Å². The minimum atomic E-state index is -4.56. The van der Waals surface area contributed by atoms with E-state index >= 15 is 0 Å². The lowest BCUT2D eigenvalue weighted by Gasteiger charge is -2.15. The molecule has 0 aliphatic heterocycles. The molecule has 0 fully saturated rings. The van der Waals surface area contributed by atoms with Crippen molar-refractivity contribution < 1.29 is 63.2 Å². The molecular formula is C63H54F9N3O5. The summed E-state index contributed by atoms with van der Waals surface area (Å²) in [5.41, 5.74) is 21.7. The monoisotopic (exact) mass is 1100 g/mol. The first kappa shape index (κ1) is 58.4. The molecule has 0 aliphatic rings. The fourth-order valence-electron chi connectivity index (χ4n) is 7.95. The number of anilines is 3. The molecule has 0 unspecified atom stereocenters. The van der Waals surface area contributed by atoms with E-state index < -0.39 is 35.2 Å². The molecule has 0 aliphatic carbocycles. The highest BCUT2D eigenvalue weighted by Crippen LogP contribution is 2.43. The molecule has 414 valence electrons. The minimum Gasteiger partial charge on any atom is -0.457 e. The van der Waals surface area contributed by atoms with Gasteiger partial charge in [0.2, 0.25) is 0 Å². The molecule has 17 heteroatoms. The van der Waals surface area contributed by atoms with Crippen LogP contribution in [0.1, 0.15) is 50.1 Å². The highest BCUT2D eigenvalue weighted by Gasteiger charge is 2.37. The molecule has 9 rings (SSSR count). The van der Waals surface area contributed by atoms with Gasteiger partial charge in [-0.05, 0) is 191 Å². The Kier molecular flexibility index (Phi) is 18.0. The van der Waals surface area contributed by atoms with E-state index in [-0.39, 0.29) is 40.1 Å². The van der Waals surface area contributed by atoms with Crippen LogP contribution < -0.4 is 40.9 Å². The van der Waals surface area contributed by atoms with Gasteiger partial charge in [-0.1, -0.05) is 77.4 Å². The Morgan fingerprint density at radius 2 is 0.487 bits per heavy atom. The fourth-order valence-corrected chi connectivity index (χ4v) is 7.95. The summed E-state index contributed by atoms with van der Waals surface area (Å²) >= 11 is 0. The maximum absolute atomic E-state index is 13.3. The zero-order valence-electron chi connectivity index (χ0n) is 44.0. The number of halogens is 9. The van der Waals surface area contributed by atoms with Gasteiger partial charge in [-0.2, -0.15) is 39.5 Å². The molecule has 0 heterocycles. The normalized spacial score (nSPS) is 11.3. The van der Waals surface area contributed by atoms with Gasteiger partial charge in [-0.15, -0.1) is 0 Å². The van der Waals surface area contributed by atoms with Crippen molar-refractivity contribution in [1.82, 2.24) is 0 Å². The summed E-state index contributed by atoms with van der Waals surface area (Å²) in [6.07, 6.45) is -13.6. The highest BCUT2D eigenvalue weighted by molar-refractivity contribution is 5.65. The molecule has 0 saturated heterocycles. The lowest BCUT2D eigenvalue weighted by Crippen LogP contribution is -2.08. The Hall–Kier alpha value is -9.25. The summed E-state index contributed by atoms with van der Waals surface area (Å²) in [6.45, 7) is 11.7. The molecule has 0 amide bonds. The third-order valence-electron chi connectivity index (χ3n) is 11.9. The van der Waals surface area contributed by atoms with Gasteiger partial charge in [-0.3, -0.25) is 0 Å². The molecular weight excluding hydrogens is 1050 g/mol. The van der Waals surface area contributed by atoms with Crippen molar-refractivity contribution in [3.8, 4) is 68.6 Å². The van der Waals surface area contributed by atoms with Crippen LogP contribution in [0.15, 0.2) is 182 Å². The van der Waals surface area contributed by atoms with E-state index in [0.29, 0.717) is 28.7 Å². The first-order valence-electron chi connectivity index (χ1n) is 24.5. The molecule has 0 atom stereocenters. The molecule has 0 aromatic heterocycles. The molecule has 0 radical (unpaired) electrons. The zero-order valence-corrected chi connectivity index (χ0v) is 44.0. The number of rotatable bonds is 11. The lowest BCUT2D eigenvalue weighted by molar-refractivity contribution is -0.139. The maximum atomic E-state index is 13.3. The van der Waals surface area contributed by atoms with Gasteiger partial charge in [0.1, 0.15) is 74.2 Å². The van der Waals surface area contributed by atoms with E-state index in [1.54, 1.807) is 67.6 Å². The quantitative estimate of drug-likeness (QED) is 0.0864. The maximum Gasteiger partial charge on any atom is 0.420 e. The molecule has 9 aromatic carbocycles. The Labute approximate surface area is 456 Å². The number of nitrogens with two attached hydrogens (primary N) is 3. The fraction of sp³-hybridized carbons (Fsp3) is 0.143. The standard InChI is InChI=1S/C27H22F3NO2.C21H18F3NO2.C15H14F3NO/c1-17-3-13-25(18(2)15-17)32-22-9-4-19(5-10-22)20-6-11-23(12-7-20)33-26-14-8-21(31)16-24(26)27(28,29)30;1-13-3-9-19(14(2)11-13)26-16-5-7-17(8-6-16)27-20-10-4-15(25)12-18(20)21(22,23)24;1-9-3-5-13(10(2)7-9)20-14-6-4-11(19)8-12(14)15(16,17)18/h3-16H,31H2,1-2H3;3-12H,25H2,1-2H3;3-8H,19H2,1-2H3. The zero-order chi connectivity index (χ0) is 58.1. The average Bonchev–Trinajstić information content (AvgIpc) is 3.44. The number of ether oxygens (including phenoxy) is 5. The Morgan fingerprint density at radius 1 is 0.263 bits per heavy atom. The minimum absolute atomic E-state index is 0.0203. The Balaban J connectivity index is 0.000000179. The van der Waals surface area contributed by atoms with Gasteiger partial charge < -0.3 is 40.9 Å². The summed E-state index contributed by atoms with van der Waals surface area (Å²) in [7, 11) is 0. The predicted octanol–water partition coefficient (Wildman–Crippen LogP) is 19.3. The largest absolute Gasteiger partial charge is 0.457 e. The van der Waals surface area contributed by atoms with Crippen molar-refractivity contribution >= 4 is 17.1 Å². The molecule has 8 nitrogen and oxygen atoms in total. The molecule has 0 bridgehead atoms. The first-order valence-corrected chi connectivity index (χ1v) is 24.5. The van der Waals surface area contributed by atoms with Gasteiger partial charge in [0.25, 0.3) is 0 Å². The van der Waals surface area contributed by atoms with Crippen molar-refractivity contribution in [3.63, 3.8) is 0 Å². The van der Waals surface area contributed by atoms with Crippen molar-refractivity contribution in [2.24, 2.45) is 0 Å². The number of alkyl halides is 9. The van der Waals surface area contributed by atoms with E-state index in [1.807, 2.05) is 95.3 Å². The van der Waals surface area contributed by atoms with Crippen LogP contribution in [-0.4, -0.2) is 0 Å². The van der Waals surface area contributed by atoms with Gasteiger partial charge >= 0.3 is 18.5 Å². The number of hydrogen-bond donors (Lipinski definition) is 3. The molecule has 80 heavy (non-hydrogen) atoms. The first-order chi connectivity index (χ1) is 37.7. The van der Waals surface area contributed by atoms with Crippen molar-refractivity contribution in [2.45, 2.75) is 60.1 Å². The van der Waals surface area contributed by atoms with E-state index in [1.165, 1.54) is 42.0 Å². The summed E-state index contributed by atoms with van der Waals surface area (Å²) in [6, 6.07) is 48.3. The predicted molar refractivity (Wildman–Crippen MR) is 294 cm³/mol. The Morgan fingerprint density at radius 3 is 0.750 bits per heavy atom. The van der Waals surface area contributed by atoms with E-state index in [2.05, 4.69) is 6.07 Å². The second kappa shape index (κ2) is 24.6. The van der Waals surface area contributed by atoms with Crippen LogP contribution >= 0.6 is 0 Å². The summed E-state index contributed by atoms with van der Waals surface area (Å²) < 4.78 is 146. The third-order valence-corrected chi connectivity index (χ3v) is 11.9. The van der Waals surface area contributed by atoms with Crippen molar-refractivity contribution in [1.29, 1.82) is 0 Å². The van der Waals surface area contributed by atoms with Crippen LogP contribution in [0, 0.1) is 41.5 Å². The average molecular weight is 1100 g/mol. The number of nitrogen functional groups attached to an aromatic ring is 3. The third kappa shape index (κ3) is 15.9. The van der Waals surface area contributed by atoms with Crippen LogP contribution in [0.4, 0.5) is 56.6 Å². The summed E-state index contributed by atoms with van der Waals surface area (Å²) in [4.78, 5) is 0. The van der Waals surface area contributed by atoms with E-state index in [4.69, 9.17) is 40.9 Å². The van der Waals surface area contributed by atoms with Crippen molar-refractivity contribution in [3.05, 3.63) is 232 Å². The SMILES string of the molecule is Cc1ccc(Oc2ccc(-c3ccc(Oc4ccc(N)cc4C(F)(F)F)cc3)cc2)c(C)c1.Cc1ccc(Oc2ccc(N)cc2C(F)(F)F)c(C)c1.Cc1ccc(Oc2ccc(Oc3ccc(N)cc3C(F)(F)F)cc2)c(C)c1.